The van der Waals surface area contributed by atoms with Crippen LogP contribution in [0.1, 0.15) is 20.3 Å². The fourth-order valence-electron chi connectivity index (χ4n) is 4.47. The number of carbonyl (C=O) groups excluding carboxylic acids is 1. The number of thioether (sulfide) groups is 1. The Bertz CT molecular complexity index is 1660. The van der Waals surface area contributed by atoms with Gasteiger partial charge in [-0.05, 0) is 54.5 Å². The van der Waals surface area contributed by atoms with Gasteiger partial charge in [-0.3, -0.25) is 14.5 Å². The van der Waals surface area contributed by atoms with Gasteiger partial charge < -0.3 is 15.0 Å². The van der Waals surface area contributed by atoms with Crippen molar-refractivity contribution < 1.29 is 13.9 Å². The monoisotopic (exact) mass is 575 g/mol. The van der Waals surface area contributed by atoms with Gasteiger partial charge in [0.2, 0.25) is 0 Å². The number of rotatable bonds is 5. The highest BCUT2D eigenvalue weighted by atomic mass is 32.2. The van der Waals surface area contributed by atoms with Gasteiger partial charge in [0.25, 0.3) is 5.91 Å². The Balaban J connectivity index is 0.000000728. The molecule has 1 atom stereocenters. The third kappa shape index (κ3) is 6.40. The van der Waals surface area contributed by atoms with E-state index in [1.54, 1.807) is 65.1 Å². The van der Waals surface area contributed by atoms with Gasteiger partial charge in [-0.25, -0.2) is 14.4 Å². The Morgan fingerprint density at radius 3 is 2.51 bits per heavy atom. The van der Waals surface area contributed by atoms with E-state index in [1.165, 1.54) is 6.33 Å². The standard InChI is InChI=1S/C26H22FN7O2.C2H6S.C2H6/c1-33-9-7-21(26(33)35)36-22-11-15(16-12-31-34(2)13-16)10-20-23(22)25(30-14-29-20)32-19-6-5-18-17(24(19)27)4-3-8-28-18;1-3-2;1-2/h3-6,8,10-14,21H,7,9H2,1-2H3,(H,29,30,32);1-2H3;1-2H3. The number of pyridine rings is 1. The summed E-state index contributed by atoms with van der Waals surface area (Å²) >= 11 is 1.75. The van der Waals surface area contributed by atoms with E-state index in [0.717, 1.165) is 11.1 Å². The van der Waals surface area contributed by atoms with Crippen LogP contribution >= 0.6 is 11.8 Å². The summed E-state index contributed by atoms with van der Waals surface area (Å²) in [5.41, 5.74) is 3.10. The summed E-state index contributed by atoms with van der Waals surface area (Å²) in [6.45, 7) is 4.61. The van der Waals surface area contributed by atoms with Crippen molar-refractivity contribution in [3.8, 4) is 16.9 Å². The Morgan fingerprint density at radius 1 is 1.05 bits per heavy atom. The molecular weight excluding hydrogens is 541 g/mol. The molecule has 3 aromatic heterocycles. The van der Waals surface area contributed by atoms with Crippen LogP contribution in [0, 0.1) is 5.82 Å². The van der Waals surface area contributed by atoms with Crippen LogP contribution in [0.15, 0.2) is 61.3 Å². The summed E-state index contributed by atoms with van der Waals surface area (Å²) in [5, 5.41) is 8.32. The second-order valence-electron chi connectivity index (χ2n) is 9.18. The lowest BCUT2D eigenvalue weighted by molar-refractivity contribution is -0.132. The highest BCUT2D eigenvalue weighted by Gasteiger charge is 2.32. The molecule has 41 heavy (non-hydrogen) atoms. The molecule has 1 saturated heterocycles. The van der Waals surface area contributed by atoms with Crippen LogP contribution in [0.4, 0.5) is 15.9 Å². The first-order chi connectivity index (χ1) is 19.9. The molecule has 214 valence electrons. The number of anilines is 2. The molecular formula is C30H34FN7O2S. The molecule has 1 fully saturated rings. The minimum absolute atomic E-state index is 0.0886. The average Bonchev–Trinajstić information content (AvgIpc) is 3.56. The number of halogens is 1. The highest BCUT2D eigenvalue weighted by Crippen LogP contribution is 2.38. The zero-order chi connectivity index (χ0) is 29.5. The molecule has 2 aromatic carbocycles. The van der Waals surface area contributed by atoms with Crippen molar-refractivity contribution >= 4 is 51.0 Å². The van der Waals surface area contributed by atoms with E-state index in [-0.39, 0.29) is 11.6 Å². The molecule has 4 heterocycles. The number of hydrogen-bond acceptors (Lipinski definition) is 8. The van der Waals surface area contributed by atoms with Crippen LogP contribution in [0.5, 0.6) is 5.75 Å². The summed E-state index contributed by atoms with van der Waals surface area (Å²) in [6.07, 6.45) is 10.7. The van der Waals surface area contributed by atoms with E-state index in [4.69, 9.17) is 4.74 Å². The summed E-state index contributed by atoms with van der Waals surface area (Å²) in [7, 11) is 3.59. The molecule has 0 saturated carbocycles. The van der Waals surface area contributed by atoms with Gasteiger partial charge in [0.05, 0.1) is 28.3 Å². The van der Waals surface area contributed by atoms with Gasteiger partial charge >= 0.3 is 0 Å². The minimum Gasteiger partial charge on any atom is -0.480 e. The number of aromatic nitrogens is 5. The maximum absolute atomic E-state index is 15.3. The molecule has 1 unspecified atom stereocenters. The molecule has 6 rings (SSSR count). The van der Waals surface area contributed by atoms with E-state index in [1.807, 2.05) is 51.7 Å². The van der Waals surface area contributed by atoms with Crippen LogP contribution in [0.25, 0.3) is 32.9 Å². The molecule has 1 aliphatic heterocycles. The molecule has 1 N–H and O–H groups in total. The molecule has 0 radical (unpaired) electrons. The quantitative estimate of drug-likeness (QED) is 0.269. The predicted molar refractivity (Wildman–Crippen MR) is 164 cm³/mol. The van der Waals surface area contributed by atoms with Crippen molar-refractivity contribution in [2.75, 3.05) is 31.4 Å². The Hall–Kier alpha value is -4.25. The zero-order valence-electron chi connectivity index (χ0n) is 24.1. The maximum atomic E-state index is 15.3. The van der Waals surface area contributed by atoms with Crippen molar-refractivity contribution in [2.45, 2.75) is 26.4 Å². The smallest absolute Gasteiger partial charge is 0.263 e. The van der Waals surface area contributed by atoms with Crippen LogP contribution < -0.4 is 10.1 Å². The zero-order valence-corrected chi connectivity index (χ0v) is 24.9. The first kappa shape index (κ1) is 29.7. The number of nitrogens with zero attached hydrogens (tertiary/aromatic N) is 6. The summed E-state index contributed by atoms with van der Waals surface area (Å²) in [5.74, 6) is 0.281. The van der Waals surface area contributed by atoms with Gasteiger partial charge in [0.1, 0.15) is 17.9 Å². The first-order valence-electron chi connectivity index (χ1n) is 13.3. The SMILES string of the molecule is CC.CN1CCC(Oc2cc(-c3cnn(C)c3)cc3ncnc(Nc4ccc5ncccc5c4F)c23)C1=O.CSC. The number of aryl methyl sites for hydroxylation is 1. The lowest BCUT2D eigenvalue weighted by atomic mass is 10.1. The number of benzene rings is 2. The number of nitrogens with one attached hydrogen (secondary N) is 1. The molecule has 0 bridgehead atoms. The summed E-state index contributed by atoms with van der Waals surface area (Å²) in [4.78, 5) is 27.4. The van der Waals surface area contributed by atoms with Crippen LogP contribution in [0.2, 0.25) is 0 Å². The fourth-order valence-corrected chi connectivity index (χ4v) is 4.47. The Kier molecular flexibility index (Phi) is 9.72. The number of ether oxygens (including phenoxy) is 1. The van der Waals surface area contributed by atoms with Crippen LogP contribution in [0.3, 0.4) is 0 Å². The van der Waals surface area contributed by atoms with E-state index >= 15 is 4.39 Å². The number of likely N-dealkylation sites (N-methyl/N-ethyl adjacent to an activating group) is 1. The van der Waals surface area contributed by atoms with Crippen LogP contribution in [-0.2, 0) is 11.8 Å². The van der Waals surface area contributed by atoms with Gasteiger partial charge in [0, 0.05) is 50.4 Å². The third-order valence-electron chi connectivity index (χ3n) is 6.36. The van der Waals surface area contributed by atoms with Crippen LogP contribution in [-0.4, -0.2) is 67.7 Å². The van der Waals surface area contributed by atoms with Crippen molar-refractivity contribution in [2.24, 2.45) is 7.05 Å². The second kappa shape index (κ2) is 13.4. The Morgan fingerprint density at radius 2 is 1.83 bits per heavy atom. The van der Waals surface area contributed by atoms with Gasteiger partial charge in [-0.2, -0.15) is 16.9 Å². The molecule has 1 aliphatic rings. The van der Waals surface area contributed by atoms with Crippen molar-refractivity contribution in [3.05, 3.63) is 67.1 Å². The number of hydrogen-bond donors (Lipinski definition) is 1. The number of carbonyl (C=O) groups is 1. The number of amides is 1. The topological polar surface area (TPSA) is 98.1 Å². The highest BCUT2D eigenvalue weighted by molar-refractivity contribution is 7.97. The molecule has 11 heteroatoms. The largest absolute Gasteiger partial charge is 0.480 e. The molecule has 0 spiro atoms. The average molecular weight is 576 g/mol. The molecule has 0 aliphatic carbocycles. The fraction of sp³-hybridized carbons (Fsp3) is 0.300. The van der Waals surface area contributed by atoms with E-state index in [2.05, 4.69) is 25.4 Å². The molecule has 5 aromatic rings. The lowest BCUT2D eigenvalue weighted by Crippen LogP contribution is -2.29. The number of likely N-dealkylation sites (tertiary alicyclic amines) is 1. The lowest BCUT2D eigenvalue weighted by Gasteiger charge is -2.18. The maximum Gasteiger partial charge on any atom is 0.263 e. The second-order valence-corrected chi connectivity index (χ2v) is 10.00. The normalized spacial score (nSPS) is 14.4. The first-order valence-corrected chi connectivity index (χ1v) is 14.9. The Labute approximate surface area is 243 Å². The van der Waals surface area contributed by atoms with Crippen molar-refractivity contribution in [1.29, 1.82) is 0 Å². The third-order valence-corrected chi connectivity index (χ3v) is 6.36. The van der Waals surface area contributed by atoms with Gasteiger partial charge in [0.15, 0.2) is 11.9 Å². The summed E-state index contributed by atoms with van der Waals surface area (Å²) in [6, 6.07) is 10.5. The minimum atomic E-state index is -0.626. The van der Waals surface area contributed by atoms with E-state index in [9.17, 15) is 4.79 Å². The van der Waals surface area contributed by atoms with Crippen molar-refractivity contribution in [3.63, 3.8) is 0 Å². The van der Waals surface area contributed by atoms with Crippen molar-refractivity contribution in [1.82, 2.24) is 29.6 Å². The summed E-state index contributed by atoms with van der Waals surface area (Å²) < 4.78 is 23.3. The van der Waals surface area contributed by atoms with E-state index < -0.39 is 11.9 Å². The van der Waals surface area contributed by atoms with Gasteiger partial charge in [-0.1, -0.05) is 13.8 Å². The molecule has 1 amide bonds. The number of fused-ring (bicyclic) bond motifs is 2. The molecule has 9 nitrogen and oxygen atoms in total. The van der Waals surface area contributed by atoms with Gasteiger partial charge in [-0.15, -0.1) is 0 Å². The predicted octanol–water partition coefficient (Wildman–Crippen LogP) is 6.08. The van der Waals surface area contributed by atoms with E-state index in [0.29, 0.717) is 46.3 Å².